The second kappa shape index (κ2) is 3.70. The summed E-state index contributed by atoms with van der Waals surface area (Å²) in [6.07, 6.45) is 0. The van der Waals surface area contributed by atoms with Crippen LogP contribution in [0.4, 0.5) is 0 Å². The van der Waals surface area contributed by atoms with E-state index in [4.69, 9.17) is 4.74 Å². The average Bonchev–Trinajstić information content (AvgIpc) is 2.05. The van der Waals surface area contributed by atoms with Gasteiger partial charge in [0, 0.05) is 0 Å². The Morgan fingerprint density at radius 3 is 2.90 bits per heavy atom. The molecule has 0 unspecified atom stereocenters. The molecule has 1 rings (SSSR count). The van der Waals surface area contributed by atoms with Crippen LogP contribution in [0.15, 0.2) is 24.3 Å². The van der Waals surface area contributed by atoms with Crippen molar-refractivity contribution in [3.8, 4) is 5.75 Å². The van der Waals surface area contributed by atoms with Crippen LogP contribution >= 0.6 is 0 Å². The predicted octanol–water partition coefficient (Wildman–Crippen LogP) is 1.36. The molecule has 0 N–H and O–H groups in total. The first-order valence-corrected chi connectivity index (χ1v) is 3.49. The van der Waals surface area contributed by atoms with Crippen molar-refractivity contribution in [2.75, 3.05) is 7.11 Å². The molecule has 0 aliphatic heterocycles. The normalized spacial score (nSPS) is 9.50. The van der Waals surface area contributed by atoms with Crippen molar-refractivity contribution in [1.82, 2.24) is 0 Å². The van der Waals surface area contributed by atoms with Crippen molar-refractivity contribution in [2.24, 2.45) is 0 Å². The minimum atomic E-state index is 0.944. The van der Waals surface area contributed by atoms with Gasteiger partial charge in [0.25, 0.3) is 0 Å². The summed E-state index contributed by atoms with van der Waals surface area (Å²) >= 11 is 2.13. The van der Waals surface area contributed by atoms with Crippen LogP contribution in [0, 0.1) is 0 Å². The zero-order valence-electron chi connectivity index (χ0n) is 6.42. The van der Waals surface area contributed by atoms with E-state index in [1.165, 1.54) is 5.56 Å². The molecule has 0 atom stereocenters. The van der Waals surface area contributed by atoms with Gasteiger partial charge in [-0.05, 0) is 0 Å². The molecule has 1 aromatic carbocycles. The summed E-state index contributed by atoms with van der Waals surface area (Å²) in [6, 6.07) is 8.12. The van der Waals surface area contributed by atoms with E-state index in [2.05, 4.69) is 29.8 Å². The van der Waals surface area contributed by atoms with Gasteiger partial charge in [0.05, 0.1) is 0 Å². The SMILES string of the molecule is [Li][CH2]c1cccc(OC)c1. The van der Waals surface area contributed by atoms with Gasteiger partial charge in [-0.1, -0.05) is 0 Å². The van der Waals surface area contributed by atoms with Gasteiger partial charge >= 0.3 is 70.2 Å². The second-order valence-corrected chi connectivity index (χ2v) is 2.21. The Hall–Kier alpha value is -0.383. The molecule has 1 aromatic rings. The standard InChI is InChI=1S/C8H9O.Li/c1-7-4-3-5-8(6-7)9-2;/h3-6H,1H2,2H3;. The summed E-state index contributed by atoms with van der Waals surface area (Å²) < 4.78 is 5.06. The number of benzene rings is 1. The number of ether oxygens (including phenoxy) is 1. The number of hydrogen-bond donors (Lipinski definition) is 0. The quantitative estimate of drug-likeness (QED) is 0.546. The Balaban J connectivity index is 2.87. The van der Waals surface area contributed by atoms with Gasteiger partial charge in [-0.2, -0.15) is 0 Å². The second-order valence-electron chi connectivity index (χ2n) is 2.21. The molecule has 0 radical (unpaired) electrons. The van der Waals surface area contributed by atoms with Crippen LogP contribution in [0.3, 0.4) is 0 Å². The Labute approximate surface area is 70.6 Å². The fraction of sp³-hybridized carbons (Fsp3) is 0.250. The van der Waals surface area contributed by atoms with Crippen LogP contribution in [-0.2, 0) is 5.09 Å². The molecule has 0 fully saturated rings. The third-order valence-corrected chi connectivity index (χ3v) is 1.54. The van der Waals surface area contributed by atoms with Crippen molar-refractivity contribution >= 4 is 17.7 Å². The van der Waals surface area contributed by atoms with Gasteiger partial charge in [-0.15, -0.1) is 0 Å². The van der Waals surface area contributed by atoms with Crippen molar-refractivity contribution in [3.63, 3.8) is 0 Å². The molecule has 0 aliphatic rings. The molecule has 0 aliphatic carbocycles. The van der Waals surface area contributed by atoms with Crippen LogP contribution in [0.5, 0.6) is 5.75 Å². The third-order valence-electron chi connectivity index (χ3n) is 1.54. The van der Waals surface area contributed by atoms with E-state index >= 15 is 0 Å². The van der Waals surface area contributed by atoms with E-state index in [-0.39, 0.29) is 0 Å². The van der Waals surface area contributed by atoms with Gasteiger partial charge in [-0.3, -0.25) is 0 Å². The number of rotatable bonds is 2. The van der Waals surface area contributed by atoms with E-state index in [0.717, 1.165) is 10.8 Å². The molecule has 0 amide bonds. The van der Waals surface area contributed by atoms with E-state index in [1.807, 2.05) is 12.1 Å². The van der Waals surface area contributed by atoms with Crippen LogP contribution in [0.2, 0.25) is 0 Å². The maximum absolute atomic E-state index is 5.06. The zero-order chi connectivity index (χ0) is 7.40. The fourth-order valence-corrected chi connectivity index (χ4v) is 0.892. The molecule has 0 heterocycles. The third kappa shape index (κ3) is 1.80. The fourth-order valence-electron chi connectivity index (χ4n) is 0.892. The topological polar surface area (TPSA) is 9.23 Å². The summed E-state index contributed by atoms with van der Waals surface area (Å²) in [5, 5.41) is 1.07. The van der Waals surface area contributed by atoms with Crippen molar-refractivity contribution < 1.29 is 4.74 Å². The first-order valence-electron chi connectivity index (χ1n) is 3.49. The van der Waals surface area contributed by atoms with E-state index < -0.39 is 0 Å². The average molecular weight is 128 g/mol. The molecular formula is C8H9LiO. The summed E-state index contributed by atoms with van der Waals surface area (Å²) in [5.74, 6) is 0.944. The van der Waals surface area contributed by atoms with Crippen LogP contribution < -0.4 is 4.74 Å². The Bertz CT molecular complexity index is 191. The van der Waals surface area contributed by atoms with Crippen molar-refractivity contribution in [2.45, 2.75) is 5.09 Å². The first-order chi connectivity index (χ1) is 4.86. The van der Waals surface area contributed by atoms with Crippen LogP contribution in [-0.4, -0.2) is 24.8 Å². The molecule has 0 bridgehead atoms. The summed E-state index contributed by atoms with van der Waals surface area (Å²) in [7, 11) is 1.69. The molecular weight excluding hydrogens is 119 g/mol. The molecule has 0 saturated heterocycles. The minimum absolute atomic E-state index is 0.944. The molecule has 0 saturated carbocycles. The summed E-state index contributed by atoms with van der Waals surface area (Å²) in [4.78, 5) is 0. The molecule has 0 aromatic heterocycles. The summed E-state index contributed by atoms with van der Waals surface area (Å²) in [5.41, 5.74) is 1.32. The van der Waals surface area contributed by atoms with Crippen molar-refractivity contribution in [1.29, 1.82) is 0 Å². The Kier molecular flexibility index (Phi) is 2.86. The van der Waals surface area contributed by atoms with Gasteiger partial charge in [0.2, 0.25) is 0 Å². The van der Waals surface area contributed by atoms with Gasteiger partial charge < -0.3 is 0 Å². The number of hydrogen-bond acceptors (Lipinski definition) is 1. The zero-order valence-corrected chi connectivity index (χ0v) is 6.42. The molecule has 0 spiro atoms. The van der Waals surface area contributed by atoms with Crippen LogP contribution in [0.25, 0.3) is 0 Å². The first kappa shape index (κ1) is 7.72. The monoisotopic (exact) mass is 128 g/mol. The van der Waals surface area contributed by atoms with Gasteiger partial charge in [0.15, 0.2) is 0 Å². The van der Waals surface area contributed by atoms with Gasteiger partial charge in [0.1, 0.15) is 0 Å². The maximum atomic E-state index is 5.06. The summed E-state index contributed by atoms with van der Waals surface area (Å²) in [6.45, 7) is 0. The van der Waals surface area contributed by atoms with E-state index in [0.29, 0.717) is 0 Å². The Morgan fingerprint density at radius 2 is 2.30 bits per heavy atom. The van der Waals surface area contributed by atoms with Crippen molar-refractivity contribution in [3.05, 3.63) is 29.8 Å². The molecule has 48 valence electrons. The number of methoxy groups -OCH3 is 1. The van der Waals surface area contributed by atoms with Crippen LogP contribution in [0.1, 0.15) is 5.56 Å². The molecule has 1 nitrogen and oxygen atoms in total. The Morgan fingerprint density at radius 1 is 1.50 bits per heavy atom. The van der Waals surface area contributed by atoms with E-state index in [1.54, 1.807) is 7.11 Å². The van der Waals surface area contributed by atoms with E-state index in [9.17, 15) is 0 Å². The molecule has 10 heavy (non-hydrogen) atoms. The predicted molar refractivity (Wildman–Crippen MR) is 42.5 cm³/mol. The van der Waals surface area contributed by atoms with Gasteiger partial charge in [-0.25, -0.2) is 0 Å². The molecule has 2 heteroatoms.